The van der Waals surface area contributed by atoms with Crippen molar-refractivity contribution in [1.82, 2.24) is 9.55 Å². The van der Waals surface area contributed by atoms with Crippen LogP contribution in [0.4, 0.5) is 0 Å². The van der Waals surface area contributed by atoms with Crippen LogP contribution in [0.3, 0.4) is 0 Å². The Labute approximate surface area is 68.6 Å². The first-order chi connectivity index (χ1) is 5.16. The molecule has 0 bridgehead atoms. The van der Waals surface area contributed by atoms with Gasteiger partial charge in [0, 0.05) is 7.05 Å². The molecule has 4 N–H and O–H groups in total. The van der Waals surface area contributed by atoms with E-state index in [0.717, 1.165) is 0 Å². The van der Waals surface area contributed by atoms with Crippen LogP contribution in [0.2, 0.25) is 5.15 Å². The molecular formula is C5H8ClN5. The molecule has 60 valence electrons. The van der Waals surface area contributed by atoms with Gasteiger partial charge < -0.3 is 16.1 Å². The maximum Gasteiger partial charge on any atom is 0.186 e. The van der Waals surface area contributed by atoms with Gasteiger partial charge in [-0.05, 0) is 0 Å². The number of nitrogens with zero attached hydrogens (tertiary/aromatic N) is 3. The molecule has 0 aliphatic heterocycles. The van der Waals surface area contributed by atoms with Crippen molar-refractivity contribution < 1.29 is 0 Å². The quantitative estimate of drug-likeness (QED) is 0.264. The van der Waals surface area contributed by atoms with Crippen LogP contribution in [0.25, 0.3) is 0 Å². The SMILES string of the molecule is Cn1c(Cl)cnc1/C(N)=N/N. The van der Waals surface area contributed by atoms with Gasteiger partial charge in [-0.15, -0.1) is 0 Å². The van der Waals surface area contributed by atoms with Crippen molar-refractivity contribution in [2.45, 2.75) is 0 Å². The van der Waals surface area contributed by atoms with Crippen molar-refractivity contribution in [1.29, 1.82) is 0 Å². The third-order valence-corrected chi connectivity index (χ3v) is 1.65. The first-order valence-corrected chi connectivity index (χ1v) is 3.25. The fourth-order valence-corrected chi connectivity index (χ4v) is 0.813. The Morgan fingerprint density at radius 1 is 1.82 bits per heavy atom. The highest BCUT2D eigenvalue weighted by atomic mass is 35.5. The molecule has 1 aromatic rings. The molecule has 11 heavy (non-hydrogen) atoms. The van der Waals surface area contributed by atoms with Gasteiger partial charge in [-0.3, -0.25) is 0 Å². The molecule has 0 radical (unpaired) electrons. The van der Waals surface area contributed by atoms with Crippen LogP contribution < -0.4 is 11.6 Å². The summed E-state index contributed by atoms with van der Waals surface area (Å²) in [5.41, 5.74) is 5.39. The topological polar surface area (TPSA) is 82.2 Å². The van der Waals surface area contributed by atoms with Crippen molar-refractivity contribution >= 4 is 17.4 Å². The largest absolute Gasteiger partial charge is 0.379 e. The van der Waals surface area contributed by atoms with E-state index in [1.165, 1.54) is 6.20 Å². The molecule has 0 fully saturated rings. The molecular weight excluding hydrogens is 166 g/mol. The Morgan fingerprint density at radius 3 is 2.82 bits per heavy atom. The van der Waals surface area contributed by atoms with Crippen molar-refractivity contribution in [3.8, 4) is 0 Å². The van der Waals surface area contributed by atoms with Crippen LogP contribution in [0, 0.1) is 0 Å². The molecule has 1 rings (SSSR count). The Hall–Kier alpha value is -1.23. The summed E-state index contributed by atoms with van der Waals surface area (Å²) < 4.78 is 1.59. The Balaban J connectivity index is 3.15. The molecule has 0 aromatic carbocycles. The van der Waals surface area contributed by atoms with Crippen LogP contribution >= 0.6 is 11.6 Å². The number of halogens is 1. The van der Waals surface area contributed by atoms with E-state index in [2.05, 4.69) is 10.1 Å². The van der Waals surface area contributed by atoms with Gasteiger partial charge in [0.15, 0.2) is 11.7 Å². The maximum atomic E-state index is 5.68. The van der Waals surface area contributed by atoms with E-state index in [0.29, 0.717) is 11.0 Å². The number of rotatable bonds is 1. The van der Waals surface area contributed by atoms with E-state index in [9.17, 15) is 0 Å². The van der Waals surface area contributed by atoms with E-state index in [-0.39, 0.29) is 5.84 Å². The molecule has 0 atom stereocenters. The predicted molar refractivity (Wildman–Crippen MR) is 43.1 cm³/mol. The summed E-state index contributed by atoms with van der Waals surface area (Å²) in [5.74, 6) is 5.58. The summed E-state index contributed by atoms with van der Waals surface area (Å²) in [4.78, 5) is 3.88. The van der Waals surface area contributed by atoms with Gasteiger partial charge in [0.2, 0.25) is 0 Å². The zero-order chi connectivity index (χ0) is 8.43. The number of aromatic nitrogens is 2. The molecule has 0 saturated heterocycles. The van der Waals surface area contributed by atoms with Crippen LogP contribution in [0.1, 0.15) is 5.82 Å². The molecule has 0 aliphatic carbocycles. The molecule has 0 amide bonds. The number of hydrogen-bond donors (Lipinski definition) is 2. The molecule has 0 aliphatic rings. The summed E-state index contributed by atoms with van der Waals surface area (Å²) in [6.07, 6.45) is 1.48. The van der Waals surface area contributed by atoms with E-state index in [4.69, 9.17) is 23.2 Å². The Bertz CT molecular complexity index is 289. The minimum atomic E-state index is 0.166. The van der Waals surface area contributed by atoms with Crippen molar-refractivity contribution in [2.75, 3.05) is 0 Å². The highest BCUT2D eigenvalue weighted by molar-refractivity contribution is 6.29. The fraction of sp³-hybridized carbons (Fsp3) is 0.200. The highest BCUT2D eigenvalue weighted by Gasteiger charge is 2.06. The average Bonchev–Trinajstić information content (AvgIpc) is 2.32. The fourth-order valence-electron chi connectivity index (χ4n) is 0.684. The first kappa shape index (κ1) is 7.87. The second kappa shape index (κ2) is 2.79. The number of hydrogen-bond acceptors (Lipinski definition) is 3. The summed E-state index contributed by atoms with van der Waals surface area (Å²) >= 11 is 5.68. The van der Waals surface area contributed by atoms with E-state index in [1.807, 2.05) is 0 Å². The van der Waals surface area contributed by atoms with Crippen LogP contribution in [-0.4, -0.2) is 15.4 Å². The molecule has 6 heteroatoms. The third-order valence-electron chi connectivity index (χ3n) is 1.30. The number of nitrogens with two attached hydrogens (primary N) is 2. The molecule has 1 aromatic heterocycles. The van der Waals surface area contributed by atoms with Crippen LogP contribution in [0.5, 0.6) is 0 Å². The zero-order valence-corrected chi connectivity index (χ0v) is 6.71. The van der Waals surface area contributed by atoms with Crippen LogP contribution in [0.15, 0.2) is 11.3 Å². The summed E-state index contributed by atoms with van der Waals surface area (Å²) in [7, 11) is 1.72. The summed E-state index contributed by atoms with van der Waals surface area (Å²) in [6.45, 7) is 0. The summed E-state index contributed by atoms with van der Waals surface area (Å²) in [6, 6.07) is 0. The highest BCUT2D eigenvalue weighted by Crippen LogP contribution is 2.07. The van der Waals surface area contributed by atoms with Gasteiger partial charge >= 0.3 is 0 Å². The zero-order valence-electron chi connectivity index (χ0n) is 5.95. The number of hydrazone groups is 1. The van der Waals surface area contributed by atoms with Gasteiger partial charge in [-0.25, -0.2) is 4.98 Å². The molecule has 1 heterocycles. The van der Waals surface area contributed by atoms with Gasteiger partial charge in [0.05, 0.1) is 6.20 Å². The first-order valence-electron chi connectivity index (χ1n) is 2.87. The minimum absolute atomic E-state index is 0.166. The van der Waals surface area contributed by atoms with Gasteiger partial charge in [-0.2, -0.15) is 5.10 Å². The van der Waals surface area contributed by atoms with Gasteiger partial charge in [-0.1, -0.05) is 11.6 Å². The average molecular weight is 174 g/mol. The lowest BCUT2D eigenvalue weighted by Crippen LogP contribution is -2.20. The molecule has 0 spiro atoms. The summed E-state index contributed by atoms with van der Waals surface area (Å²) in [5, 5.41) is 3.78. The van der Waals surface area contributed by atoms with Gasteiger partial charge in [0.1, 0.15) is 5.15 Å². The van der Waals surface area contributed by atoms with Crippen LogP contribution in [-0.2, 0) is 7.05 Å². The Morgan fingerprint density at radius 2 is 2.45 bits per heavy atom. The van der Waals surface area contributed by atoms with E-state index in [1.54, 1.807) is 11.6 Å². The second-order valence-corrected chi connectivity index (χ2v) is 2.37. The van der Waals surface area contributed by atoms with Crippen molar-refractivity contribution in [3.05, 3.63) is 17.2 Å². The Kier molecular flexibility index (Phi) is 2.00. The molecule has 0 saturated carbocycles. The lowest BCUT2D eigenvalue weighted by Gasteiger charge is -1.98. The smallest absolute Gasteiger partial charge is 0.186 e. The van der Waals surface area contributed by atoms with E-state index >= 15 is 0 Å². The second-order valence-electron chi connectivity index (χ2n) is 1.98. The lowest BCUT2D eigenvalue weighted by atomic mass is 10.5. The molecule has 5 nitrogen and oxygen atoms in total. The van der Waals surface area contributed by atoms with Crippen molar-refractivity contribution in [3.63, 3.8) is 0 Å². The van der Waals surface area contributed by atoms with Gasteiger partial charge in [0.25, 0.3) is 0 Å². The van der Waals surface area contributed by atoms with Crippen molar-refractivity contribution in [2.24, 2.45) is 23.7 Å². The monoisotopic (exact) mass is 173 g/mol. The normalized spacial score (nSPS) is 12.0. The predicted octanol–water partition coefficient (Wildman–Crippen LogP) is -0.348. The third kappa shape index (κ3) is 1.27. The number of imidazole rings is 1. The lowest BCUT2D eigenvalue weighted by molar-refractivity contribution is 0.893. The molecule has 0 unspecified atom stereocenters. The minimum Gasteiger partial charge on any atom is -0.379 e. The maximum absolute atomic E-state index is 5.68. The number of amidine groups is 1. The standard InChI is InChI=1S/C5H8ClN5/c1-11-3(6)2-9-5(11)4(7)10-8/h2H,8H2,1H3,(H2,7,10). The van der Waals surface area contributed by atoms with E-state index < -0.39 is 0 Å².